The highest BCUT2D eigenvalue weighted by Crippen LogP contribution is 2.20. The van der Waals surface area contributed by atoms with E-state index in [2.05, 4.69) is 0 Å². The van der Waals surface area contributed by atoms with Crippen molar-refractivity contribution in [2.45, 2.75) is 32.6 Å². The largest absolute Gasteiger partial charge is 0.496 e. The first-order chi connectivity index (χ1) is 8.17. The van der Waals surface area contributed by atoms with Gasteiger partial charge in [0.15, 0.2) is 0 Å². The molecule has 3 heteroatoms. The molecule has 0 amide bonds. The van der Waals surface area contributed by atoms with E-state index in [4.69, 9.17) is 10.5 Å². The second-order valence-corrected chi connectivity index (χ2v) is 4.28. The van der Waals surface area contributed by atoms with Crippen LogP contribution in [0.4, 0.5) is 0 Å². The molecule has 0 aliphatic heterocycles. The molecule has 0 atom stereocenters. The quantitative estimate of drug-likeness (QED) is 0.737. The number of ether oxygens (including phenoxy) is 1. The van der Waals surface area contributed by atoms with Gasteiger partial charge in [0.1, 0.15) is 11.5 Å². The number of benzene rings is 1. The summed E-state index contributed by atoms with van der Waals surface area (Å²) in [5.41, 5.74) is 7.53. The molecule has 0 saturated heterocycles. The van der Waals surface area contributed by atoms with E-state index in [1.165, 1.54) is 0 Å². The van der Waals surface area contributed by atoms with Crippen molar-refractivity contribution < 1.29 is 9.53 Å². The molecule has 0 heterocycles. The lowest BCUT2D eigenvalue weighted by atomic mass is 10.0. The van der Waals surface area contributed by atoms with Crippen LogP contribution in [0.25, 0.3) is 0 Å². The summed E-state index contributed by atoms with van der Waals surface area (Å²) in [6, 6.07) is 5.92. The standard InChI is InChI=1S/C14H21NO2/c1-11-6-7-14(17-2)12(9-11)10-13(16)5-3-4-8-15/h6-7,9H,3-5,8,10,15H2,1-2H3. The fraction of sp³-hybridized carbons (Fsp3) is 0.500. The zero-order valence-corrected chi connectivity index (χ0v) is 10.7. The van der Waals surface area contributed by atoms with E-state index < -0.39 is 0 Å². The third-order valence-corrected chi connectivity index (χ3v) is 2.73. The van der Waals surface area contributed by atoms with Crippen LogP contribution in [0.3, 0.4) is 0 Å². The Hall–Kier alpha value is -1.35. The topological polar surface area (TPSA) is 52.3 Å². The van der Waals surface area contributed by atoms with Crippen molar-refractivity contribution in [3.63, 3.8) is 0 Å². The Kier molecular flexibility index (Phi) is 5.70. The normalized spacial score (nSPS) is 10.3. The van der Waals surface area contributed by atoms with E-state index in [9.17, 15) is 4.79 Å². The fourth-order valence-corrected chi connectivity index (χ4v) is 1.81. The molecule has 0 saturated carbocycles. The number of unbranched alkanes of at least 4 members (excludes halogenated alkanes) is 1. The van der Waals surface area contributed by atoms with Crippen LogP contribution in [-0.2, 0) is 11.2 Å². The number of Topliss-reactive ketones (excluding diaryl/α,β-unsaturated/α-hetero) is 1. The minimum absolute atomic E-state index is 0.252. The number of hydrogen-bond donors (Lipinski definition) is 1. The Balaban J connectivity index is 2.60. The lowest BCUT2D eigenvalue weighted by molar-refractivity contribution is -0.118. The maximum atomic E-state index is 11.8. The van der Waals surface area contributed by atoms with Crippen LogP contribution in [0.1, 0.15) is 30.4 Å². The van der Waals surface area contributed by atoms with Gasteiger partial charge in [-0.2, -0.15) is 0 Å². The Labute approximate surface area is 103 Å². The predicted molar refractivity (Wildman–Crippen MR) is 69.3 cm³/mol. The van der Waals surface area contributed by atoms with Crippen LogP contribution in [0.5, 0.6) is 5.75 Å². The summed E-state index contributed by atoms with van der Waals surface area (Å²) < 4.78 is 5.25. The average molecular weight is 235 g/mol. The molecule has 1 rings (SSSR count). The van der Waals surface area contributed by atoms with E-state index in [-0.39, 0.29) is 5.78 Å². The molecule has 0 aliphatic rings. The van der Waals surface area contributed by atoms with Gasteiger partial charge < -0.3 is 10.5 Å². The van der Waals surface area contributed by atoms with Gasteiger partial charge in [0.05, 0.1) is 7.11 Å². The van der Waals surface area contributed by atoms with Gasteiger partial charge in [0, 0.05) is 18.4 Å². The molecular weight excluding hydrogens is 214 g/mol. The summed E-state index contributed by atoms with van der Waals surface area (Å²) >= 11 is 0. The molecule has 2 N–H and O–H groups in total. The van der Waals surface area contributed by atoms with Crippen molar-refractivity contribution in [3.8, 4) is 5.75 Å². The lowest BCUT2D eigenvalue weighted by Gasteiger charge is -2.08. The second kappa shape index (κ2) is 7.07. The van der Waals surface area contributed by atoms with E-state index in [1.807, 2.05) is 25.1 Å². The van der Waals surface area contributed by atoms with E-state index in [1.54, 1.807) is 7.11 Å². The second-order valence-electron chi connectivity index (χ2n) is 4.28. The number of rotatable bonds is 7. The van der Waals surface area contributed by atoms with Crippen molar-refractivity contribution in [2.75, 3.05) is 13.7 Å². The minimum Gasteiger partial charge on any atom is -0.496 e. The zero-order valence-electron chi connectivity index (χ0n) is 10.7. The fourth-order valence-electron chi connectivity index (χ4n) is 1.81. The summed E-state index contributed by atoms with van der Waals surface area (Å²) in [6.07, 6.45) is 2.85. The van der Waals surface area contributed by atoms with Gasteiger partial charge in [-0.25, -0.2) is 0 Å². The van der Waals surface area contributed by atoms with Crippen LogP contribution in [0.2, 0.25) is 0 Å². The van der Waals surface area contributed by atoms with Crippen LogP contribution in [0.15, 0.2) is 18.2 Å². The van der Waals surface area contributed by atoms with Crippen LogP contribution >= 0.6 is 0 Å². The number of methoxy groups -OCH3 is 1. The maximum Gasteiger partial charge on any atom is 0.137 e. The van der Waals surface area contributed by atoms with Gasteiger partial charge in [-0.1, -0.05) is 17.7 Å². The van der Waals surface area contributed by atoms with Gasteiger partial charge in [-0.3, -0.25) is 4.79 Å². The molecule has 1 aromatic carbocycles. The molecule has 3 nitrogen and oxygen atoms in total. The summed E-state index contributed by atoms with van der Waals surface area (Å²) in [5, 5.41) is 0. The van der Waals surface area contributed by atoms with Crippen molar-refractivity contribution in [1.29, 1.82) is 0 Å². The molecule has 0 aromatic heterocycles. The minimum atomic E-state index is 0.252. The third kappa shape index (κ3) is 4.57. The highest BCUT2D eigenvalue weighted by atomic mass is 16.5. The number of hydrogen-bond acceptors (Lipinski definition) is 3. The summed E-state index contributed by atoms with van der Waals surface area (Å²) in [7, 11) is 1.63. The van der Waals surface area contributed by atoms with Crippen molar-refractivity contribution in [3.05, 3.63) is 29.3 Å². The molecule has 0 fully saturated rings. The lowest BCUT2D eigenvalue weighted by Crippen LogP contribution is -2.06. The third-order valence-electron chi connectivity index (χ3n) is 2.73. The predicted octanol–water partition coefficient (Wildman–Crippen LogP) is 2.24. The molecule has 1 aromatic rings. The van der Waals surface area contributed by atoms with E-state index in [0.29, 0.717) is 19.4 Å². The number of aryl methyl sites for hydroxylation is 1. The molecule has 0 radical (unpaired) electrons. The highest BCUT2D eigenvalue weighted by molar-refractivity contribution is 5.81. The Morgan fingerprint density at radius 3 is 2.76 bits per heavy atom. The van der Waals surface area contributed by atoms with E-state index >= 15 is 0 Å². The number of nitrogens with two attached hydrogens (primary N) is 1. The molecule has 0 spiro atoms. The number of carbonyl (C=O) groups is 1. The summed E-state index contributed by atoms with van der Waals surface area (Å²) in [5.74, 6) is 1.05. The molecule has 0 aliphatic carbocycles. The van der Waals surface area contributed by atoms with Gasteiger partial charge in [-0.15, -0.1) is 0 Å². The highest BCUT2D eigenvalue weighted by Gasteiger charge is 2.08. The monoisotopic (exact) mass is 235 g/mol. The first-order valence-corrected chi connectivity index (χ1v) is 6.02. The first-order valence-electron chi connectivity index (χ1n) is 6.02. The van der Waals surface area contributed by atoms with Crippen molar-refractivity contribution in [1.82, 2.24) is 0 Å². The zero-order chi connectivity index (χ0) is 12.7. The molecule has 0 bridgehead atoms. The first kappa shape index (κ1) is 13.7. The maximum absolute atomic E-state index is 11.8. The number of ketones is 1. The SMILES string of the molecule is COc1ccc(C)cc1CC(=O)CCCCN. The Morgan fingerprint density at radius 1 is 1.35 bits per heavy atom. The van der Waals surface area contributed by atoms with Gasteiger partial charge in [-0.05, 0) is 32.4 Å². The van der Waals surface area contributed by atoms with Gasteiger partial charge in [0.25, 0.3) is 0 Å². The van der Waals surface area contributed by atoms with Crippen LogP contribution < -0.4 is 10.5 Å². The summed E-state index contributed by atoms with van der Waals surface area (Å²) in [6.45, 7) is 2.67. The molecule has 0 unspecified atom stereocenters. The van der Waals surface area contributed by atoms with E-state index in [0.717, 1.165) is 29.7 Å². The average Bonchev–Trinajstić information content (AvgIpc) is 2.29. The molecule has 17 heavy (non-hydrogen) atoms. The summed E-state index contributed by atoms with van der Waals surface area (Å²) in [4.78, 5) is 11.8. The Bertz CT molecular complexity index is 374. The van der Waals surface area contributed by atoms with Crippen molar-refractivity contribution >= 4 is 5.78 Å². The Morgan fingerprint density at radius 2 is 2.12 bits per heavy atom. The molecule has 94 valence electrons. The van der Waals surface area contributed by atoms with Crippen LogP contribution in [0, 0.1) is 6.92 Å². The molecular formula is C14H21NO2. The van der Waals surface area contributed by atoms with Gasteiger partial charge >= 0.3 is 0 Å². The van der Waals surface area contributed by atoms with Crippen molar-refractivity contribution in [2.24, 2.45) is 5.73 Å². The van der Waals surface area contributed by atoms with Crippen LogP contribution in [-0.4, -0.2) is 19.4 Å². The smallest absolute Gasteiger partial charge is 0.137 e. The number of carbonyl (C=O) groups excluding carboxylic acids is 1. The van der Waals surface area contributed by atoms with Gasteiger partial charge in [0.2, 0.25) is 0 Å².